The standard InChI is InChI=1S/C14H11F2N3OS/c1-20-11-5-2-8(6-17-11)7-19-13-10(18-14(19)21)4-3-9(15)12(13)16/h2-6H,7H2,1H3,(H,18,21). The largest absolute Gasteiger partial charge is 0.481 e. The van der Waals surface area contributed by atoms with Crippen LogP contribution in [-0.2, 0) is 6.54 Å². The van der Waals surface area contributed by atoms with Gasteiger partial charge in [-0.3, -0.25) is 0 Å². The van der Waals surface area contributed by atoms with E-state index in [4.69, 9.17) is 17.0 Å². The fourth-order valence-electron chi connectivity index (χ4n) is 2.15. The predicted octanol–water partition coefficient (Wildman–Crippen LogP) is 3.43. The van der Waals surface area contributed by atoms with E-state index in [-0.39, 0.29) is 12.1 Å². The molecule has 0 amide bonds. The number of H-pyrrole nitrogens is 1. The van der Waals surface area contributed by atoms with E-state index >= 15 is 0 Å². The third-order valence-corrected chi connectivity index (χ3v) is 3.50. The maximum Gasteiger partial charge on any atom is 0.212 e. The lowest BCUT2D eigenvalue weighted by Crippen LogP contribution is -2.02. The van der Waals surface area contributed by atoms with Gasteiger partial charge in [0.1, 0.15) is 5.52 Å². The van der Waals surface area contributed by atoms with Gasteiger partial charge in [-0.05, 0) is 29.9 Å². The van der Waals surface area contributed by atoms with Gasteiger partial charge in [0.05, 0.1) is 19.2 Å². The van der Waals surface area contributed by atoms with Gasteiger partial charge in [0, 0.05) is 12.3 Å². The first-order chi connectivity index (χ1) is 10.1. The third kappa shape index (κ3) is 2.40. The van der Waals surface area contributed by atoms with E-state index in [1.165, 1.54) is 17.7 Å². The molecular formula is C14H11F2N3OS. The van der Waals surface area contributed by atoms with Gasteiger partial charge in [0.25, 0.3) is 0 Å². The smallest absolute Gasteiger partial charge is 0.212 e. The van der Waals surface area contributed by atoms with Crippen molar-refractivity contribution >= 4 is 23.3 Å². The summed E-state index contributed by atoms with van der Waals surface area (Å²) in [6.07, 6.45) is 1.61. The highest BCUT2D eigenvalue weighted by molar-refractivity contribution is 7.71. The van der Waals surface area contributed by atoms with Gasteiger partial charge in [-0.1, -0.05) is 6.07 Å². The highest BCUT2D eigenvalue weighted by Crippen LogP contribution is 2.21. The van der Waals surface area contributed by atoms with Gasteiger partial charge < -0.3 is 14.3 Å². The number of nitrogens with one attached hydrogen (secondary N) is 1. The molecule has 0 unspecified atom stereocenters. The average molecular weight is 307 g/mol. The van der Waals surface area contributed by atoms with Gasteiger partial charge in [-0.25, -0.2) is 13.8 Å². The summed E-state index contributed by atoms with van der Waals surface area (Å²) in [5, 5.41) is 0. The molecular weight excluding hydrogens is 296 g/mol. The Bertz CT molecular complexity index is 855. The quantitative estimate of drug-likeness (QED) is 0.754. The van der Waals surface area contributed by atoms with Crippen LogP contribution in [0.15, 0.2) is 30.5 Å². The van der Waals surface area contributed by atoms with Crippen molar-refractivity contribution in [3.8, 4) is 5.88 Å². The monoisotopic (exact) mass is 307 g/mol. The van der Waals surface area contributed by atoms with Crippen molar-refractivity contribution in [1.82, 2.24) is 14.5 Å². The zero-order valence-corrected chi connectivity index (χ0v) is 11.9. The molecule has 0 saturated carbocycles. The number of aromatic amines is 1. The van der Waals surface area contributed by atoms with Gasteiger partial charge in [-0.2, -0.15) is 0 Å². The molecule has 0 atom stereocenters. The fraction of sp³-hybridized carbons (Fsp3) is 0.143. The molecule has 0 fully saturated rings. The number of imidazole rings is 1. The lowest BCUT2D eigenvalue weighted by Gasteiger charge is -2.06. The number of fused-ring (bicyclic) bond motifs is 1. The number of nitrogens with zero attached hydrogens (tertiary/aromatic N) is 2. The van der Waals surface area contributed by atoms with Crippen LogP contribution < -0.4 is 4.74 Å². The van der Waals surface area contributed by atoms with Gasteiger partial charge in [0.2, 0.25) is 5.88 Å². The molecule has 2 aromatic heterocycles. The number of ether oxygens (including phenoxy) is 1. The summed E-state index contributed by atoms with van der Waals surface area (Å²) in [5.74, 6) is -1.34. The fourth-order valence-corrected chi connectivity index (χ4v) is 2.41. The summed E-state index contributed by atoms with van der Waals surface area (Å²) in [4.78, 5) is 6.94. The predicted molar refractivity (Wildman–Crippen MR) is 76.9 cm³/mol. The van der Waals surface area contributed by atoms with E-state index < -0.39 is 11.6 Å². The average Bonchev–Trinajstić information content (AvgIpc) is 2.81. The summed E-state index contributed by atoms with van der Waals surface area (Å²) in [7, 11) is 1.52. The van der Waals surface area contributed by atoms with Crippen molar-refractivity contribution < 1.29 is 13.5 Å². The minimum atomic E-state index is -0.915. The second kappa shape index (κ2) is 5.25. The molecule has 3 aromatic rings. The molecule has 7 heteroatoms. The Kier molecular flexibility index (Phi) is 3.42. The maximum absolute atomic E-state index is 14.0. The van der Waals surface area contributed by atoms with Crippen molar-refractivity contribution in [2.45, 2.75) is 6.54 Å². The van der Waals surface area contributed by atoms with E-state index in [1.807, 2.05) is 0 Å². The molecule has 0 radical (unpaired) electrons. The van der Waals surface area contributed by atoms with Crippen LogP contribution in [0, 0.1) is 16.4 Å². The lowest BCUT2D eigenvalue weighted by atomic mass is 10.2. The van der Waals surface area contributed by atoms with Crippen LogP contribution in [-0.4, -0.2) is 21.6 Å². The Morgan fingerprint density at radius 2 is 2.10 bits per heavy atom. The second-order valence-electron chi connectivity index (χ2n) is 4.48. The number of halogens is 2. The Labute approximate surface area is 124 Å². The lowest BCUT2D eigenvalue weighted by molar-refractivity contribution is 0.397. The number of hydrogen-bond donors (Lipinski definition) is 1. The minimum Gasteiger partial charge on any atom is -0.481 e. The summed E-state index contributed by atoms with van der Waals surface area (Å²) >= 11 is 5.18. The molecule has 2 heterocycles. The molecule has 0 saturated heterocycles. The molecule has 21 heavy (non-hydrogen) atoms. The first-order valence-corrected chi connectivity index (χ1v) is 6.56. The molecule has 0 aliphatic carbocycles. The SMILES string of the molecule is COc1ccc(Cn2c(=S)[nH]c3ccc(F)c(F)c32)cn1. The maximum atomic E-state index is 14.0. The number of benzene rings is 1. The molecule has 108 valence electrons. The van der Waals surface area contributed by atoms with Crippen molar-refractivity contribution in [1.29, 1.82) is 0 Å². The van der Waals surface area contributed by atoms with E-state index in [2.05, 4.69) is 9.97 Å². The highest BCUT2D eigenvalue weighted by atomic mass is 32.1. The molecule has 4 nitrogen and oxygen atoms in total. The van der Waals surface area contributed by atoms with Crippen LogP contribution in [0.5, 0.6) is 5.88 Å². The van der Waals surface area contributed by atoms with Gasteiger partial charge in [0.15, 0.2) is 16.4 Å². The molecule has 0 bridgehead atoms. The first-order valence-electron chi connectivity index (χ1n) is 6.15. The zero-order valence-electron chi connectivity index (χ0n) is 11.1. The normalized spacial score (nSPS) is 11.0. The van der Waals surface area contributed by atoms with Crippen molar-refractivity contribution in [2.24, 2.45) is 0 Å². The van der Waals surface area contributed by atoms with Crippen LogP contribution >= 0.6 is 12.2 Å². The Hall–Kier alpha value is -2.28. The molecule has 3 rings (SSSR count). The molecule has 0 spiro atoms. The Morgan fingerprint density at radius 3 is 2.76 bits per heavy atom. The summed E-state index contributed by atoms with van der Waals surface area (Å²) < 4.78 is 34.2. The summed E-state index contributed by atoms with van der Waals surface area (Å²) in [6.45, 7) is 0.288. The highest BCUT2D eigenvalue weighted by Gasteiger charge is 2.14. The Morgan fingerprint density at radius 1 is 1.29 bits per heavy atom. The van der Waals surface area contributed by atoms with E-state index in [0.29, 0.717) is 16.2 Å². The second-order valence-corrected chi connectivity index (χ2v) is 4.87. The van der Waals surface area contributed by atoms with Crippen LogP contribution in [0.1, 0.15) is 5.56 Å². The van der Waals surface area contributed by atoms with Crippen LogP contribution in [0.2, 0.25) is 0 Å². The minimum absolute atomic E-state index is 0.121. The van der Waals surface area contributed by atoms with E-state index in [0.717, 1.165) is 11.6 Å². The van der Waals surface area contributed by atoms with Crippen LogP contribution in [0.3, 0.4) is 0 Å². The van der Waals surface area contributed by atoms with E-state index in [9.17, 15) is 8.78 Å². The number of pyridine rings is 1. The third-order valence-electron chi connectivity index (χ3n) is 3.17. The number of rotatable bonds is 3. The van der Waals surface area contributed by atoms with Crippen molar-refractivity contribution in [2.75, 3.05) is 7.11 Å². The summed E-state index contributed by atoms with van der Waals surface area (Å²) in [5.41, 5.74) is 1.38. The number of hydrogen-bond acceptors (Lipinski definition) is 3. The topological polar surface area (TPSA) is 42.8 Å². The van der Waals surface area contributed by atoms with Crippen molar-refractivity contribution in [3.63, 3.8) is 0 Å². The van der Waals surface area contributed by atoms with Gasteiger partial charge in [-0.15, -0.1) is 0 Å². The molecule has 1 N–H and O–H groups in total. The van der Waals surface area contributed by atoms with Gasteiger partial charge >= 0.3 is 0 Å². The first kappa shape index (κ1) is 13.7. The Balaban J connectivity index is 2.09. The van der Waals surface area contributed by atoms with E-state index in [1.54, 1.807) is 18.3 Å². The summed E-state index contributed by atoms with van der Waals surface area (Å²) in [6, 6.07) is 6.03. The number of aromatic nitrogens is 3. The number of methoxy groups -OCH3 is 1. The van der Waals surface area contributed by atoms with Crippen molar-refractivity contribution in [3.05, 3.63) is 52.4 Å². The molecule has 0 aliphatic rings. The van der Waals surface area contributed by atoms with Crippen LogP contribution in [0.4, 0.5) is 8.78 Å². The molecule has 0 aliphatic heterocycles. The zero-order chi connectivity index (χ0) is 15.0. The van der Waals surface area contributed by atoms with Crippen LogP contribution in [0.25, 0.3) is 11.0 Å². The molecule has 1 aromatic carbocycles.